The van der Waals surface area contributed by atoms with Crippen LogP contribution in [0, 0.1) is 13.8 Å². The maximum atomic E-state index is 11.0. The molecule has 0 N–H and O–H groups in total. The molecule has 0 unspecified atom stereocenters. The lowest BCUT2D eigenvalue weighted by molar-refractivity contribution is 0.846. The Morgan fingerprint density at radius 2 is 1.90 bits per heavy atom. The minimum absolute atomic E-state index is 0.0584. The first-order valence-electron chi connectivity index (χ1n) is 3.25. The summed E-state index contributed by atoms with van der Waals surface area (Å²) in [6.07, 6.45) is 1.84. The molecule has 1 heterocycles. The van der Waals surface area contributed by atoms with E-state index in [2.05, 4.69) is 0 Å². The molecule has 1 aromatic heterocycles. The molecule has 2 nitrogen and oxygen atoms in total. The summed E-state index contributed by atoms with van der Waals surface area (Å²) in [4.78, 5) is 11.0. The van der Waals surface area contributed by atoms with Gasteiger partial charge in [-0.2, -0.15) is 0 Å². The van der Waals surface area contributed by atoms with Crippen LogP contribution in [-0.4, -0.2) is 4.57 Å². The summed E-state index contributed by atoms with van der Waals surface area (Å²) in [5, 5.41) is 0. The second-order valence-electron chi connectivity index (χ2n) is 2.59. The summed E-state index contributed by atoms with van der Waals surface area (Å²) in [6.45, 7) is 3.94. The highest BCUT2D eigenvalue weighted by Crippen LogP contribution is 1.99. The summed E-state index contributed by atoms with van der Waals surface area (Å²) >= 11 is 0. The maximum Gasteiger partial charge on any atom is 0.250 e. The minimum Gasteiger partial charge on any atom is -0.318 e. The molecule has 0 aliphatic heterocycles. The van der Waals surface area contributed by atoms with Gasteiger partial charge in [-0.15, -0.1) is 0 Å². The van der Waals surface area contributed by atoms with Crippen molar-refractivity contribution in [2.75, 3.05) is 0 Å². The van der Waals surface area contributed by atoms with E-state index in [9.17, 15) is 4.79 Å². The quantitative estimate of drug-likeness (QED) is 0.523. The number of pyridine rings is 1. The third kappa shape index (κ3) is 1.10. The van der Waals surface area contributed by atoms with Gasteiger partial charge in [-0.05, 0) is 25.0 Å². The number of aryl methyl sites for hydroxylation is 3. The fraction of sp³-hybridized carbons (Fsp3) is 0.375. The van der Waals surface area contributed by atoms with Crippen LogP contribution in [0.15, 0.2) is 17.1 Å². The molecule has 10 heavy (non-hydrogen) atoms. The monoisotopic (exact) mass is 137 g/mol. The smallest absolute Gasteiger partial charge is 0.250 e. The highest BCUT2D eigenvalue weighted by atomic mass is 16.1. The number of nitrogens with zero attached hydrogens (tertiary/aromatic N) is 1. The van der Waals surface area contributed by atoms with Gasteiger partial charge in [0, 0.05) is 19.3 Å². The lowest BCUT2D eigenvalue weighted by Crippen LogP contribution is -2.15. The summed E-state index contributed by atoms with van der Waals surface area (Å²) < 4.78 is 1.59. The molecule has 0 saturated carbocycles. The van der Waals surface area contributed by atoms with E-state index in [4.69, 9.17) is 0 Å². The first-order chi connectivity index (χ1) is 4.61. The van der Waals surface area contributed by atoms with Crippen LogP contribution in [0.4, 0.5) is 0 Å². The maximum absolute atomic E-state index is 11.0. The highest BCUT2D eigenvalue weighted by Gasteiger charge is 1.93. The van der Waals surface area contributed by atoms with Gasteiger partial charge in [0.05, 0.1) is 0 Å². The molecule has 0 saturated heterocycles. The summed E-state index contributed by atoms with van der Waals surface area (Å²) in [5.74, 6) is 0. The zero-order valence-corrected chi connectivity index (χ0v) is 6.51. The Bertz CT molecular complexity index is 299. The Kier molecular flexibility index (Phi) is 1.62. The van der Waals surface area contributed by atoms with Crippen molar-refractivity contribution in [3.63, 3.8) is 0 Å². The molecule has 0 atom stereocenters. The number of rotatable bonds is 0. The molecule has 0 bridgehead atoms. The minimum atomic E-state index is 0.0584. The van der Waals surface area contributed by atoms with E-state index in [1.54, 1.807) is 17.7 Å². The standard InChI is InChI=1S/C8H11NO/c1-6-4-8(10)9(3)5-7(6)2/h4-5H,1-3H3. The number of hydrogen-bond acceptors (Lipinski definition) is 1. The van der Waals surface area contributed by atoms with E-state index < -0.39 is 0 Å². The van der Waals surface area contributed by atoms with Gasteiger partial charge in [-0.3, -0.25) is 4.79 Å². The molecular formula is C8H11NO. The number of aromatic nitrogens is 1. The van der Waals surface area contributed by atoms with Gasteiger partial charge in [-0.1, -0.05) is 0 Å². The average molecular weight is 137 g/mol. The van der Waals surface area contributed by atoms with E-state index in [1.807, 2.05) is 20.0 Å². The van der Waals surface area contributed by atoms with Crippen LogP contribution in [0.1, 0.15) is 11.1 Å². The topological polar surface area (TPSA) is 22.0 Å². The molecule has 0 aromatic carbocycles. The first kappa shape index (κ1) is 7.06. The van der Waals surface area contributed by atoms with Crippen LogP contribution in [0.25, 0.3) is 0 Å². The van der Waals surface area contributed by atoms with Crippen molar-refractivity contribution in [1.29, 1.82) is 0 Å². The first-order valence-corrected chi connectivity index (χ1v) is 3.25. The van der Waals surface area contributed by atoms with Gasteiger partial charge < -0.3 is 4.57 Å². The molecule has 1 rings (SSSR count). The fourth-order valence-electron chi connectivity index (χ4n) is 0.857. The van der Waals surface area contributed by atoms with Crippen LogP contribution >= 0.6 is 0 Å². The molecule has 0 amide bonds. The zero-order chi connectivity index (χ0) is 7.72. The van der Waals surface area contributed by atoms with E-state index in [0.717, 1.165) is 11.1 Å². The Balaban J connectivity index is 3.43. The highest BCUT2D eigenvalue weighted by molar-refractivity contribution is 5.19. The number of hydrogen-bond donors (Lipinski definition) is 0. The second-order valence-corrected chi connectivity index (χ2v) is 2.59. The van der Waals surface area contributed by atoms with Crippen molar-refractivity contribution >= 4 is 0 Å². The van der Waals surface area contributed by atoms with Crippen LogP contribution in [0.2, 0.25) is 0 Å². The molecule has 0 aliphatic rings. The molecule has 1 aromatic rings. The Hall–Kier alpha value is -1.05. The van der Waals surface area contributed by atoms with E-state index in [1.165, 1.54) is 0 Å². The SMILES string of the molecule is Cc1cc(=O)n(C)cc1C. The summed E-state index contributed by atoms with van der Waals surface area (Å²) in [7, 11) is 1.76. The van der Waals surface area contributed by atoms with Crippen molar-refractivity contribution in [2.24, 2.45) is 7.05 Å². The molecule has 0 radical (unpaired) electrons. The summed E-state index contributed by atoms with van der Waals surface area (Å²) in [5.41, 5.74) is 2.27. The largest absolute Gasteiger partial charge is 0.318 e. The van der Waals surface area contributed by atoms with E-state index in [-0.39, 0.29) is 5.56 Å². The average Bonchev–Trinajstić information content (AvgIpc) is 1.84. The van der Waals surface area contributed by atoms with Crippen LogP contribution < -0.4 is 5.56 Å². The molecule has 2 heteroatoms. The fourth-order valence-corrected chi connectivity index (χ4v) is 0.857. The van der Waals surface area contributed by atoms with Crippen LogP contribution in [-0.2, 0) is 7.05 Å². The predicted molar refractivity (Wildman–Crippen MR) is 41.2 cm³/mol. The van der Waals surface area contributed by atoms with Crippen LogP contribution in [0.3, 0.4) is 0 Å². The van der Waals surface area contributed by atoms with E-state index in [0.29, 0.717) is 0 Å². The molecular weight excluding hydrogens is 126 g/mol. The van der Waals surface area contributed by atoms with Crippen LogP contribution in [0.5, 0.6) is 0 Å². The predicted octanol–water partition coefficient (Wildman–Crippen LogP) is 1.00. The van der Waals surface area contributed by atoms with Crippen molar-refractivity contribution in [2.45, 2.75) is 13.8 Å². The molecule has 54 valence electrons. The van der Waals surface area contributed by atoms with Crippen molar-refractivity contribution in [1.82, 2.24) is 4.57 Å². The van der Waals surface area contributed by atoms with Crippen molar-refractivity contribution in [3.05, 3.63) is 33.7 Å². The summed E-state index contributed by atoms with van der Waals surface area (Å²) in [6, 6.07) is 1.65. The Labute approximate surface area is 60.1 Å². The van der Waals surface area contributed by atoms with Crippen molar-refractivity contribution < 1.29 is 0 Å². The van der Waals surface area contributed by atoms with Gasteiger partial charge in [-0.25, -0.2) is 0 Å². The van der Waals surface area contributed by atoms with Gasteiger partial charge in [0.2, 0.25) is 0 Å². The lowest BCUT2D eigenvalue weighted by Gasteiger charge is -2.00. The van der Waals surface area contributed by atoms with Crippen molar-refractivity contribution in [3.8, 4) is 0 Å². The lowest BCUT2D eigenvalue weighted by atomic mass is 10.2. The van der Waals surface area contributed by atoms with Gasteiger partial charge >= 0.3 is 0 Å². The Morgan fingerprint density at radius 3 is 2.40 bits per heavy atom. The normalized spacial score (nSPS) is 9.90. The second kappa shape index (κ2) is 2.29. The molecule has 0 fully saturated rings. The van der Waals surface area contributed by atoms with Gasteiger partial charge in [0.15, 0.2) is 0 Å². The van der Waals surface area contributed by atoms with Gasteiger partial charge in [0.1, 0.15) is 0 Å². The molecule has 0 aliphatic carbocycles. The Morgan fingerprint density at radius 1 is 1.30 bits per heavy atom. The zero-order valence-electron chi connectivity index (χ0n) is 6.51. The molecule has 0 spiro atoms. The third-order valence-corrected chi connectivity index (χ3v) is 1.70. The third-order valence-electron chi connectivity index (χ3n) is 1.70. The van der Waals surface area contributed by atoms with Gasteiger partial charge in [0.25, 0.3) is 5.56 Å². The van der Waals surface area contributed by atoms with E-state index >= 15 is 0 Å².